The molecule has 0 aliphatic heterocycles. The maximum atomic E-state index is 13.1. The molecule has 0 radical (unpaired) electrons. The number of carboxylic acid groups (broad SMARTS) is 1. The molecule has 21 heavy (non-hydrogen) atoms. The molecule has 0 unspecified atom stereocenters. The van der Waals surface area contributed by atoms with Gasteiger partial charge in [-0.2, -0.15) is 5.10 Å². The van der Waals surface area contributed by atoms with Crippen molar-refractivity contribution in [3.63, 3.8) is 0 Å². The average molecular weight is 291 g/mol. The lowest BCUT2D eigenvalue weighted by Crippen LogP contribution is -2.16. The summed E-state index contributed by atoms with van der Waals surface area (Å²) in [6.45, 7) is 3.42. The lowest BCUT2D eigenvalue weighted by molar-refractivity contribution is 0.0697. The highest BCUT2D eigenvalue weighted by Crippen LogP contribution is 2.20. The van der Waals surface area contributed by atoms with Gasteiger partial charge in [-0.3, -0.25) is 9.48 Å². The van der Waals surface area contributed by atoms with Crippen LogP contribution in [0.1, 0.15) is 32.1 Å². The standard InChI is InChI=1S/C14H14FN3O3/c1-7-12(8(2)18(3)17-7)13(19)16-11-5-4-9(15)6-10(11)14(20)21/h4-6H,1-3H3,(H,16,19)(H,20,21). The van der Waals surface area contributed by atoms with Crippen LogP contribution in [0.15, 0.2) is 18.2 Å². The lowest BCUT2D eigenvalue weighted by atomic mass is 10.1. The summed E-state index contributed by atoms with van der Waals surface area (Å²) in [5.41, 5.74) is 1.30. The fourth-order valence-electron chi connectivity index (χ4n) is 2.09. The first-order valence-corrected chi connectivity index (χ1v) is 6.15. The van der Waals surface area contributed by atoms with Crippen LogP contribution >= 0.6 is 0 Å². The van der Waals surface area contributed by atoms with Crippen LogP contribution in [-0.2, 0) is 7.05 Å². The van der Waals surface area contributed by atoms with E-state index in [1.807, 2.05) is 0 Å². The van der Waals surface area contributed by atoms with Crippen molar-refractivity contribution in [3.8, 4) is 0 Å². The smallest absolute Gasteiger partial charge is 0.337 e. The predicted molar refractivity (Wildman–Crippen MR) is 74.0 cm³/mol. The molecule has 7 heteroatoms. The van der Waals surface area contributed by atoms with Crippen molar-refractivity contribution in [1.29, 1.82) is 0 Å². The van der Waals surface area contributed by atoms with Crippen molar-refractivity contribution in [3.05, 3.63) is 46.5 Å². The van der Waals surface area contributed by atoms with Crippen LogP contribution in [-0.4, -0.2) is 26.8 Å². The van der Waals surface area contributed by atoms with Gasteiger partial charge in [0.1, 0.15) is 5.82 Å². The minimum Gasteiger partial charge on any atom is -0.478 e. The Kier molecular flexibility index (Phi) is 3.75. The second kappa shape index (κ2) is 5.35. The highest BCUT2D eigenvalue weighted by atomic mass is 19.1. The van der Waals surface area contributed by atoms with E-state index in [2.05, 4.69) is 10.4 Å². The van der Waals surface area contributed by atoms with Crippen LogP contribution < -0.4 is 5.32 Å². The topological polar surface area (TPSA) is 84.2 Å². The minimum absolute atomic E-state index is 0.0385. The first-order valence-electron chi connectivity index (χ1n) is 6.15. The Hall–Kier alpha value is -2.70. The zero-order chi connectivity index (χ0) is 15.7. The van der Waals surface area contributed by atoms with Gasteiger partial charge in [0.05, 0.1) is 22.5 Å². The van der Waals surface area contributed by atoms with Gasteiger partial charge >= 0.3 is 5.97 Å². The number of aryl methyl sites for hydroxylation is 2. The number of halogens is 1. The minimum atomic E-state index is -1.32. The molecule has 0 bridgehead atoms. The molecule has 6 nitrogen and oxygen atoms in total. The molecule has 1 heterocycles. The van der Waals surface area contributed by atoms with Crippen molar-refractivity contribution in [1.82, 2.24) is 9.78 Å². The number of hydrogen-bond acceptors (Lipinski definition) is 3. The van der Waals surface area contributed by atoms with E-state index < -0.39 is 17.7 Å². The van der Waals surface area contributed by atoms with Gasteiger partial charge in [0.2, 0.25) is 0 Å². The first kappa shape index (κ1) is 14.7. The van der Waals surface area contributed by atoms with Crippen LogP contribution in [0.3, 0.4) is 0 Å². The van der Waals surface area contributed by atoms with Crippen molar-refractivity contribution >= 4 is 17.6 Å². The number of aromatic nitrogens is 2. The fraction of sp³-hybridized carbons (Fsp3) is 0.214. The molecule has 1 aromatic heterocycles. The summed E-state index contributed by atoms with van der Waals surface area (Å²) >= 11 is 0. The first-order chi connectivity index (χ1) is 9.81. The predicted octanol–water partition coefficient (Wildman–Crippen LogP) is 2.13. The van der Waals surface area contributed by atoms with Gasteiger partial charge in [0.25, 0.3) is 5.91 Å². The molecular formula is C14H14FN3O3. The monoisotopic (exact) mass is 291 g/mol. The average Bonchev–Trinajstić information content (AvgIpc) is 2.65. The normalized spacial score (nSPS) is 10.5. The van der Waals surface area contributed by atoms with Crippen LogP contribution in [0.25, 0.3) is 0 Å². The molecule has 0 aliphatic carbocycles. The molecule has 1 aromatic carbocycles. The van der Waals surface area contributed by atoms with Crippen LogP contribution in [0.5, 0.6) is 0 Å². The van der Waals surface area contributed by atoms with Crippen molar-refractivity contribution in [2.75, 3.05) is 5.32 Å². The van der Waals surface area contributed by atoms with E-state index in [1.165, 1.54) is 6.07 Å². The number of carboxylic acids is 1. The third-order valence-corrected chi connectivity index (χ3v) is 3.20. The maximum absolute atomic E-state index is 13.1. The summed E-state index contributed by atoms with van der Waals surface area (Å²) < 4.78 is 14.7. The zero-order valence-corrected chi connectivity index (χ0v) is 11.8. The number of nitrogens with zero attached hydrogens (tertiary/aromatic N) is 2. The van der Waals surface area contributed by atoms with E-state index >= 15 is 0 Å². The van der Waals surface area contributed by atoms with E-state index in [-0.39, 0.29) is 11.3 Å². The number of hydrogen-bond donors (Lipinski definition) is 2. The van der Waals surface area contributed by atoms with Crippen molar-refractivity contribution in [2.24, 2.45) is 7.05 Å². The largest absolute Gasteiger partial charge is 0.478 e. The molecule has 2 N–H and O–H groups in total. The van der Waals surface area contributed by atoms with Crippen LogP contribution in [0.2, 0.25) is 0 Å². The Morgan fingerprint density at radius 2 is 2.00 bits per heavy atom. The summed E-state index contributed by atoms with van der Waals surface area (Å²) in [6.07, 6.45) is 0. The van der Waals surface area contributed by atoms with Gasteiger partial charge in [-0.05, 0) is 32.0 Å². The molecule has 110 valence electrons. The number of carbonyl (C=O) groups excluding carboxylic acids is 1. The molecule has 2 rings (SSSR count). The summed E-state index contributed by atoms with van der Waals surface area (Å²) in [6, 6.07) is 3.17. The molecule has 0 atom stereocenters. The third kappa shape index (κ3) is 2.76. The van der Waals surface area contributed by atoms with Crippen molar-refractivity contribution in [2.45, 2.75) is 13.8 Å². The van der Waals surface area contributed by atoms with Gasteiger partial charge < -0.3 is 10.4 Å². The van der Waals surface area contributed by atoms with E-state index in [1.54, 1.807) is 25.6 Å². The number of anilines is 1. The maximum Gasteiger partial charge on any atom is 0.337 e. The summed E-state index contributed by atoms with van der Waals surface area (Å²) in [4.78, 5) is 23.4. The van der Waals surface area contributed by atoms with Crippen LogP contribution in [0, 0.1) is 19.7 Å². The molecule has 2 aromatic rings. The number of rotatable bonds is 3. The third-order valence-electron chi connectivity index (χ3n) is 3.20. The molecule has 0 aliphatic rings. The van der Waals surface area contributed by atoms with E-state index in [0.29, 0.717) is 17.0 Å². The quantitative estimate of drug-likeness (QED) is 0.907. The lowest BCUT2D eigenvalue weighted by Gasteiger charge is -2.09. The molecule has 0 fully saturated rings. The fourth-order valence-corrected chi connectivity index (χ4v) is 2.09. The Morgan fingerprint density at radius 1 is 1.33 bits per heavy atom. The molecular weight excluding hydrogens is 277 g/mol. The summed E-state index contributed by atoms with van der Waals surface area (Å²) in [5, 5.41) is 15.7. The second-order valence-electron chi connectivity index (χ2n) is 4.62. The van der Waals surface area contributed by atoms with E-state index in [0.717, 1.165) is 12.1 Å². The number of nitrogens with one attached hydrogen (secondary N) is 1. The zero-order valence-electron chi connectivity index (χ0n) is 11.8. The van der Waals surface area contributed by atoms with Crippen LogP contribution in [0.4, 0.5) is 10.1 Å². The SMILES string of the molecule is Cc1nn(C)c(C)c1C(=O)Nc1ccc(F)cc1C(=O)O. The second-order valence-corrected chi connectivity index (χ2v) is 4.62. The number of aromatic carboxylic acids is 1. The highest BCUT2D eigenvalue weighted by molar-refractivity contribution is 6.08. The van der Waals surface area contributed by atoms with Crippen molar-refractivity contribution < 1.29 is 19.1 Å². The molecule has 0 saturated carbocycles. The highest BCUT2D eigenvalue weighted by Gasteiger charge is 2.20. The Labute approximate surface area is 120 Å². The number of amides is 1. The Balaban J connectivity index is 2.38. The van der Waals surface area contributed by atoms with Gasteiger partial charge in [0, 0.05) is 12.7 Å². The van der Waals surface area contributed by atoms with Gasteiger partial charge in [-0.25, -0.2) is 9.18 Å². The number of benzene rings is 1. The van der Waals surface area contributed by atoms with Gasteiger partial charge in [-0.1, -0.05) is 0 Å². The summed E-state index contributed by atoms with van der Waals surface area (Å²) in [5.74, 6) is -2.48. The van der Waals surface area contributed by atoms with E-state index in [9.17, 15) is 14.0 Å². The molecule has 0 saturated heterocycles. The van der Waals surface area contributed by atoms with Gasteiger partial charge in [0.15, 0.2) is 0 Å². The Bertz CT molecular complexity index is 737. The van der Waals surface area contributed by atoms with Gasteiger partial charge in [-0.15, -0.1) is 0 Å². The Morgan fingerprint density at radius 3 is 2.52 bits per heavy atom. The summed E-state index contributed by atoms with van der Waals surface area (Å²) in [7, 11) is 1.71. The number of carbonyl (C=O) groups is 2. The van der Waals surface area contributed by atoms with E-state index in [4.69, 9.17) is 5.11 Å². The molecule has 0 spiro atoms. The molecule has 1 amide bonds.